The number of sulfonamides is 1. The number of aromatic nitrogens is 2. The second kappa shape index (κ2) is 6.38. The Kier molecular flexibility index (Phi) is 4.47. The monoisotopic (exact) mass is 338 g/mol. The first-order valence-electron chi connectivity index (χ1n) is 7.49. The average molecular weight is 338 g/mol. The molecular weight excluding hydrogens is 319 g/mol. The Balaban J connectivity index is 1.85. The maximum absolute atomic E-state index is 14.0. The number of nitrogens with two attached hydrogens (primary N) is 1. The second-order valence-electron chi connectivity index (χ2n) is 5.83. The number of nitrogens with one attached hydrogen (secondary N) is 1. The first-order chi connectivity index (χ1) is 10.9. The third-order valence-electron chi connectivity index (χ3n) is 4.11. The topological polar surface area (TPSA) is 90.0 Å². The maximum Gasteiger partial charge on any atom is 0.238 e. The predicted octanol–water partition coefficient (Wildman–Crippen LogP) is 1.34. The van der Waals surface area contributed by atoms with Crippen LogP contribution in [0.15, 0.2) is 35.5 Å². The summed E-state index contributed by atoms with van der Waals surface area (Å²) in [5.74, 6) is 0.0448. The highest BCUT2D eigenvalue weighted by Crippen LogP contribution is 2.25. The molecule has 1 aromatic carbocycles. The number of halogens is 1. The van der Waals surface area contributed by atoms with E-state index in [1.165, 1.54) is 6.07 Å². The van der Waals surface area contributed by atoms with Gasteiger partial charge in [0.1, 0.15) is 5.82 Å². The zero-order valence-corrected chi connectivity index (χ0v) is 13.4. The van der Waals surface area contributed by atoms with Gasteiger partial charge in [0.05, 0.1) is 11.1 Å². The molecule has 0 unspecified atom stereocenters. The molecule has 6 nitrogen and oxygen atoms in total. The van der Waals surface area contributed by atoms with Crippen LogP contribution in [0, 0.1) is 11.7 Å². The van der Waals surface area contributed by atoms with Gasteiger partial charge in [0, 0.05) is 23.9 Å². The molecule has 3 rings (SSSR count). The van der Waals surface area contributed by atoms with E-state index in [2.05, 4.69) is 10.4 Å². The number of hydrogen-bond donors (Lipinski definition) is 2. The van der Waals surface area contributed by atoms with Crippen LogP contribution in [0.4, 0.5) is 4.39 Å². The summed E-state index contributed by atoms with van der Waals surface area (Å²) in [5, 5.41) is 12.7. The van der Waals surface area contributed by atoms with Crippen molar-refractivity contribution in [3.63, 3.8) is 0 Å². The predicted molar refractivity (Wildman–Crippen MR) is 84.6 cm³/mol. The van der Waals surface area contributed by atoms with Gasteiger partial charge in [-0.25, -0.2) is 17.9 Å². The summed E-state index contributed by atoms with van der Waals surface area (Å²) in [4.78, 5) is -0.111. The van der Waals surface area contributed by atoms with Crippen LogP contribution in [0.3, 0.4) is 0 Å². The van der Waals surface area contributed by atoms with Crippen molar-refractivity contribution in [1.29, 1.82) is 0 Å². The van der Waals surface area contributed by atoms with Crippen molar-refractivity contribution in [2.24, 2.45) is 11.1 Å². The van der Waals surface area contributed by atoms with Crippen LogP contribution in [0.5, 0.6) is 0 Å². The highest BCUT2D eigenvalue weighted by Gasteiger charge is 2.16. The molecule has 1 aliphatic heterocycles. The number of hydrogen-bond acceptors (Lipinski definition) is 4. The van der Waals surface area contributed by atoms with Crippen LogP contribution in [-0.2, 0) is 16.6 Å². The second-order valence-corrected chi connectivity index (χ2v) is 7.39. The lowest BCUT2D eigenvalue weighted by Crippen LogP contribution is -2.29. The lowest BCUT2D eigenvalue weighted by atomic mass is 9.98. The molecule has 0 atom stereocenters. The number of benzene rings is 1. The summed E-state index contributed by atoms with van der Waals surface area (Å²) in [5.41, 5.74) is 0.732. The van der Waals surface area contributed by atoms with E-state index in [1.807, 2.05) is 0 Å². The van der Waals surface area contributed by atoms with Gasteiger partial charge in [-0.2, -0.15) is 5.10 Å². The minimum Gasteiger partial charge on any atom is -0.317 e. The van der Waals surface area contributed by atoms with E-state index in [0.717, 1.165) is 44.6 Å². The molecule has 0 saturated carbocycles. The van der Waals surface area contributed by atoms with Crippen LogP contribution >= 0.6 is 0 Å². The number of primary sulfonamides is 1. The fraction of sp³-hybridized carbons (Fsp3) is 0.400. The van der Waals surface area contributed by atoms with E-state index in [4.69, 9.17) is 5.14 Å². The standard InChI is InChI=1S/C15H19FN4O2S/c16-15-2-1-13(23(17,21)22)7-14(15)12-8-19-20(10-12)9-11-3-5-18-6-4-11/h1-2,7-8,10-11,18H,3-6,9H2,(H2,17,21,22). The van der Waals surface area contributed by atoms with Crippen molar-refractivity contribution in [3.05, 3.63) is 36.4 Å². The zero-order valence-electron chi connectivity index (χ0n) is 12.6. The van der Waals surface area contributed by atoms with Crippen LogP contribution in [0.25, 0.3) is 11.1 Å². The molecule has 0 radical (unpaired) electrons. The number of rotatable bonds is 4. The van der Waals surface area contributed by atoms with Gasteiger partial charge in [-0.1, -0.05) is 0 Å². The highest BCUT2D eigenvalue weighted by molar-refractivity contribution is 7.89. The quantitative estimate of drug-likeness (QED) is 0.880. The summed E-state index contributed by atoms with van der Waals surface area (Å²) in [6.07, 6.45) is 5.47. The fourth-order valence-corrected chi connectivity index (χ4v) is 3.37. The molecule has 0 aliphatic carbocycles. The summed E-state index contributed by atoms with van der Waals surface area (Å²) in [6.45, 7) is 2.78. The van der Waals surface area contributed by atoms with E-state index >= 15 is 0 Å². The van der Waals surface area contributed by atoms with Gasteiger partial charge in [0.25, 0.3) is 0 Å². The summed E-state index contributed by atoms with van der Waals surface area (Å²) in [6, 6.07) is 3.52. The molecule has 1 fully saturated rings. The maximum atomic E-state index is 14.0. The third kappa shape index (κ3) is 3.77. The molecule has 0 spiro atoms. The molecule has 0 amide bonds. The van der Waals surface area contributed by atoms with E-state index in [1.54, 1.807) is 17.1 Å². The summed E-state index contributed by atoms with van der Waals surface area (Å²) < 4.78 is 38.7. The number of piperidine rings is 1. The Bertz CT molecular complexity index is 798. The highest BCUT2D eigenvalue weighted by atomic mass is 32.2. The van der Waals surface area contributed by atoms with Crippen molar-refractivity contribution < 1.29 is 12.8 Å². The van der Waals surface area contributed by atoms with Gasteiger partial charge >= 0.3 is 0 Å². The molecule has 2 aromatic rings. The smallest absolute Gasteiger partial charge is 0.238 e. The molecule has 23 heavy (non-hydrogen) atoms. The van der Waals surface area contributed by atoms with Gasteiger partial charge < -0.3 is 5.32 Å². The summed E-state index contributed by atoms with van der Waals surface area (Å²) >= 11 is 0. The van der Waals surface area contributed by atoms with E-state index < -0.39 is 15.8 Å². The average Bonchev–Trinajstić information content (AvgIpc) is 2.96. The van der Waals surface area contributed by atoms with Crippen LogP contribution in [-0.4, -0.2) is 31.3 Å². The van der Waals surface area contributed by atoms with Gasteiger partial charge in [-0.05, 0) is 50.0 Å². The third-order valence-corrected chi connectivity index (χ3v) is 5.03. The van der Waals surface area contributed by atoms with Gasteiger partial charge in [0.2, 0.25) is 10.0 Å². The SMILES string of the molecule is NS(=O)(=O)c1ccc(F)c(-c2cnn(CC3CCNCC3)c2)c1. The molecular formula is C15H19FN4O2S. The van der Waals surface area contributed by atoms with Gasteiger partial charge in [-0.3, -0.25) is 4.68 Å². The van der Waals surface area contributed by atoms with Crippen LogP contribution in [0.2, 0.25) is 0 Å². The van der Waals surface area contributed by atoms with E-state index in [0.29, 0.717) is 11.5 Å². The molecule has 124 valence electrons. The Morgan fingerprint density at radius 1 is 1.35 bits per heavy atom. The molecule has 0 bridgehead atoms. The van der Waals surface area contributed by atoms with Crippen molar-refractivity contribution in [2.45, 2.75) is 24.3 Å². The Morgan fingerprint density at radius 3 is 2.78 bits per heavy atom. The molecule has 8 heteroatoms. The molecule has 1 saturated heterocycles. The van der Waals surface area contributed by atoms with Crippen molar-refractivity contribution in [1.82, 2.24) is 15.1 Å². The van der Waals surface area contributed by atoms with Gasteiger partial charge in [-0.15, -0.1) is 0 Å². The minimum absolute atomic E-state index is 0.111. The number of nitrogens with zero attached hydrogens (tertiary/aromatic N) is 2. The van der Waals surface area contributed by atoms with Crippen molar-refractivity contribution in [2.75, 3.05) is 13.1 Å². The first kappa shape index (κ1) is 16.1. The van der Waals surface area contributed by atoms with Crippen molar-refractivity contribution in [3.8, 4) is 11.1 Å². The van der Waals surface area contributed by atoms with Gasteiger partial charge in [0.15, 0.2) is 0 Å². The van der Waals surface area contributed by atoms with Crippen LogP contribution in [0.1, 0.15) is 12.8 Å². The molecule has 1 aromatic heterocycles. The zero-order chi connectivity index (χ0) is 16.4. The Hall–Kier alpha value is -1.77. The lowest BCUT2D eigenvalue weighted by molar-refractivity contribution is 0.321. The van der Waals surface area contributed by atoms with Crippen LogP contribution < -0.4 is 10.5 Å². The Morgan fingerprint density at radius 2 is 2.09 bits per heavy atom. The lowest BCUT2D eigenvalue weighted by Gasteiger charge is -2.22. The van der Waals surface area contributed by atoms with E-state index in [-0.39, 0.29) is 10.5 Å². The normalized spacial score (nSPS) is 16.6. The summed E-state index contributed by atoms with van der Waals surface area (Å²) in [7, 11) is -3.87. The molecule has 3 N–H and O–H groups in total. The van der Waals surface area contributed by atoms with E-state index in [9.17, 15) is 12.8 Å². The molecule has 1 aliphatic rings. The largest absolute Gasteiger partial charge is 0.317 e. The first-order valence-corrected chi connectivity index (χ1v) is 9.04. The fourth-order valence-electron chi connectivity index (χ4n) is 2.83. The van der Waals surface area contributed by atoms with Crippen molar-refractivity contribution >= 4 is 10.0 Å². The molecule has 2 heterocycles. The Labute approximate surface area is 134 Å². The minimum atomic E-state index is -3.87.